The first-order valence-corrected chi connectivity index (χ1v) is 24.3. The van der Waals surface area contributed by atoms with Crippen LogP contribution in [0.5, 0.6) is 0 Å². The molecule has 25 heteroatoms. The second-order valence-corrected chi connectivity index (χ2v) is 21.7. The summed E-state index contributed by atoms with van der Waals surface area (Å²) in [4.78, 5) is 35.2. The second-order valence-electron chi connectivity index (χ2n) is 10.8. The van der Waals surface area contributed by atoms with Crippen LogP contribution in [-0.4, -0.2) is 70.2 Å². The fraction of sp³-hybridized carbons (Fsp3) is 0.156. The third kappa shape index (κ3) is 20.0. The number of carbonyl (C=O) groups excluding carboxylic acids is 1. The van der Waals surface area contributed by atoms with Crippen LogP contribution in [0.3, 0.4) is 0 Å². The van der Waals surface area contributed by atoms with E-state index < -0.39 is 21.4 Å². The molecule has 6 aromatic rings. The molecule has 0 saturated carbocycles. The third-order valence-corrected chi connectivity index (χ3v) is 13.0. The van der Waals surface area contributed by atoms with Crippen molar-refractivity contribution in [3.63, 3.8) is 0 Å². The monoisotopic (exact) mass is 1090 g/mol. The van der Waals surface area contributed by atoms with Crippen LogP contribution in [0, 0.1) is 0 Å². The molecule has 0 aliphatic carbocycles. The average molecular weight is 1100 g/mol. The fourth-order valence-corrected chi connectivity index (χ4v) is 8.48. The Bertz CT molecular complexity index is 2280. The topological polar surface area (TPSA) is 199 Å². The summed E-state index contributed by atoms with van der Waals surface area (Å²) in [5.74, 6) is 0.520. The molecule has 0 aliphatic rings. The summed E-state index contributed by atoms with van der Waals surface area (Å²) in [6.45, 7) is 6.75. The number of alkyl halides is 1. The Kier molecular flexibility index (Phi) is 28.1. The first-order chi connectivity index (χ1) is 26.4. The van der Waals surface area contributed by atoms with Gasteiger partial charge in [0.2, 0.25) is 10.6 Å². The van der Waals surface area contributed by atoms with Gasteiger partial charge in [-0.15, -0.1) is 22.7 Å². The fourth-order valence-electron chi connectivity index (χ4n) is 3.98. The summed E-state index contributed by atoms with van der Waals surface area (Å²) in [6.07, 6.45) is 6.58. The van der Waals surface area contributed by atoms with E-state index in [0.29, 0.717) is 25.6 Å². The minimum Gasteiger partial charge on any atom is -1.00 e. The maximum Gasteiger partial charge on any atom is 1.00 e. The second kappa shape index (κ2) is 28.9. The first kappa shape index (κ1) is 55.4. The van der Waals surface area contributed by atoms with Gasteiger partial charge < -0.3 is 31.8 Å². The molecule has 0 saturated heterocycles. The van der Waals surface area contributed by atoms with E-state index >= 15 is 0 Å². The van der Waals surface area contributed by atoms with Gasteiger partial charge >= 0.3 is 103 Å². The molecule has 0 radical (unpaired) electrons. The van der Waals surface area contributed by atoms with Crippen molar-refractivity contribution in [3.05, 3.63) is 96.6 Å². The Morgan fingerprint density at radius 2 is 1.32 bits per heavy atom. The molecule has 6 rings (SSSR count). The van der Waals surface area contributed by atoms with Gasteiger partial charge in [-0.25, -0.2) is 24.9 Å². The Morgan fingerprint density at radius 3 is 1.74 bits per heavy atom. The predicted molar refractivity (Wildman–Crippen MR) is 231 cm³/mol. The average Bonchev–Trinajstić information content (AvgIpc) is 3.88. The van der Waals surface area contributed by atoms with Crippen LogP contribution in [-0.2, 0) is 18.8 Å². The Labute approximate surface area is 457 Å². The number of nitrogens with two attached hydrogens (primary N) is 1. The summed E-state index contributed by atoms with van der Waals surface area (Å²) in [5.41, 5.74) is 9.07. The molecule has 3 N–H and O–H groups in total. The van der Waals surface area contributed by atoms with Crippen molar-refractivity contribution in [3.8, 4) is 21.1 Å². The standard InChI is InChI=1S/C15H13BrClN4OPS.C11H13N2OPS.C4HBrCl2N2.CH3F.CH2O3.2K.H/c1-23(2,22)12-7-9(14-18-5-6-24-14)3-4-11(12)20-13-10(16)8-19-15(17)21-13;1-15(2,14)10-7-8(3-4-9(10)12)11-13-5-6-16-11;5-2-1-8-4(7)9-3(2)6;1-2;2-1-4-3;;;/h3-8H,1-2H3,(H,19,20,21);3-7H,12H2,1-2H3;1H;1H3;1,3H;;;/q;;;;;2*+1;-1/p-1/i;;;1D;;;;. The molecule has 0 amide bonds. The van der Waals surface area contributed by atoms with Gasteiger partial charge in [0, 0.05) is 63.0 Å². The molecule has 0 atom stereocenters. The van der Waals surface area contributed by atoms with Gasteiger partial charge in [-0.1, -0.05) is 11.6 Å². The van der Waals surface area contributed by atoms with Crippen LogP contribution >= 0.6 is 104 Å². The Hall–Kier alpha value is 0.383. The van der Waals surface area contributed by atoms with Crippen LogP contribution in [0.2, 0.25) is 15.7 Å². The van der Waals surface area contributed by atoms with E-state index in [4.69, 9.17) is 52.0 Å². The van der Waals surface area contributed by atoms with E-state index in [2.05, 4.69) is 72.0 Å². The molecule has 57 heavy (non-hydrogen) atoms. The van der Waals surface area contributed by atoms with Gasteiger partial charge in [0.1, 0.15) is 35.3 Å². The number of nitrogens with one attached hydrogen (secondary N) is 1. The molecular formula is C32H32Br2Cl3FK2N8O5P2S2. The van der Waals surface area contributed by atoms with Crippen molar-refractivity contribution in [2.24, 2.45) is 0 Å². The van der Waals surface area contributed by atoms with Gasteiger partial charge in [-0.2, -0.15) is 4.98 Å². The SMILES string of the molecule is CP(C)(=O)c1cc(-c2nccs2)ccc1N.CP(C)(=O)c1cc(-c2nccs2)ccc1Nc1nc(Cl)ncc1Br.Clc1ncc(Br)c(Cl)n1.O=CO[O-].[2H]CF.[H-].[K+].[K+]. The van der Waals surface area contributed by atoms with E-state index in [0.717, 1.165) is 37.4 Å². The number of anilines is 3. The summed E-state index contributed by atoms with van der Waals surface area (Å²) in [5, 5.41) is 19.4. The molecule has 296 valence electrons. The zero-order valence-corrected chi connectivity index (χ0v) is 46.1. The minimum atomic E-state index is -2.53. The number of hydrogen-bond donors (Lipinski definition) is 2. The van der Waals surface area contributed by atoms with Gasteiger partial charge in [0.15, 0.2) is 0 Å². The molecule has 0 fully saturated rings. The van der Waals surface area contributed by atoms with Crippen molar-refractivity contribution < 1.29 is 134 Å². The number of nitrogens with zero attached hydrogens (tertiary/aromatic N) is 6. The number of benzene rings is 2. The zero-order chi connectivity index (χ0) is 42.1. The van der Waals surface area contributed by atoms with Crippen molar-refractivity contribution in [1.82, 2.24) is 29.9 Å². The van der Waals surface area contributed by atoms with E-state index in [1.165, 1.54) is 6.20 Å². The smallest absolute Gasteiger partial charge is 1.00 e. The number of thiazole rings is 2. The number of hydrogen-bond acceptors (Lipinski definition) is 15. The van der Waals surface area contributed by atoms with Crippen LogP contribution < -0.4 is 130 Å². The Balaban J connectivity index is 0. The van der Waals surface area contributed by atoms with Crippen molar-refractivity contribution in [2.75, 3.05) is 44.9 Å². The van der Waals surface area contributed by atoms with Crippen LogP contribution in [0.25, 0.3) is 21.1 Å². The maximum atomic E-state index is 12.8. The molecule has 0 spiro atoms. The number of halogens is 6. The van der Waals surface area contributed by atoms with E-state index in [1.807, 2.05) is 41.1 Å². The zero-order valence-electron chi connectivity index (χ0n) is 33.0. The van der Waals surface area contributed by atoms with Crippen molar-refractivity contribution in [2.45, 2.75) is 0 Å². The van der Waals surface area contributed by atoms with Crippen molar-refractivity contribution in [1.29, 1.82) is 0 Å². The summed E-state index contributed by atoms with van der Waals surface area (Å²) in [6, 6.07) is 11.3. The van der Waals surface area contributed by atoms with E-state index in [9.17, 15) is 13.5 Å². The molecule has 4 heterocycles. The van der Waals surface area contributed by atoms with Crippen LogP contribution in [0.1, 0.15) is 2.80 Å². The van der Waals surface area contributed by atoms with E-state index in [1.54, 1.807) is 74.0 Å². The van der Waals surface area contributed by atoms with Crippen LogP contribution in [0.15, 0.2) is 80.9 Å². The molecule has 0 unspecified atom stereocenters. The molecule has 4 aromatic heterocycles. The summed E-state index contributed by atoms with van der Waals surface area (Å²) < 4.78 is 41.7. The van der Waals surface area contributed by atoms with Gasteiger partial charge in [0.05, 0.1) is 23.2 Å². The maximum absolute atomic E-state index is 12.8. The van der Waals surface area contributed by atoms with Gasteiger partial charge in [-0.05, 0) is 118 Å². The molecule has 0 bridgehead atoms. The Morgan fingerprint density at radius 1 is 0.860 bits per heavy atom. The molecule has 0 aliphatic heterocycles. The molecule has 13 nitrogen and oxygen atoms in total. The third-order valence-electron chi connectivity index (χ3n) is 6.23. The molecule has 2 aromatic carbocycles. The number of carbonyl (C=O) groups is 1. The van der Waals surface area contributed by atoms with Crippen molar-refractivity contribution >= 4 is 138 Å². The quantitative estimate of drug-likeness (QED) is 0.0346. The van der Waals surface area contributed by atoms with Crippen LogP contribution in [0.4, 0.5) is 21.6 Å². The van der Waals surface area contributed by atoms with E-state index in [-0.39, 0.29) is 121 Å². The number of nitrogen functional groups attached to an aromatic ring is 1. The number of rotatable bonds is 7. The number of aromatic nitrogens is 6. The summed E-state index contributed by atoms with van der Waals surface area (Å²) in [7, 11) is -5.86. The first-order valence-electron chi connectivity index (χ1n) is 15.4. The summed E-state index contributed by atoms with van der Waals surface area (Å²) >= 11 is 26.4. The normalized spacial score (nSPS) is 10.3. The molecular weight excluding hydrogens is 1070 g/mol. The minimum absolute atomic E-state index is 0. The largest absolute Gasteiger partial charge is 1.00 e. The van der Waals surface area contributed by atoms with Gasteiger partial charge in [-0.3, -0.25) is 9.18 Å². The van der Waals surface area contributed by atoms with Gasteiger partial charge in [0.25, 0.3) is 6.47 Å². The predicted octanol–water partition coefficient (Wildman–Crippen LogP) is 3.33.